The molecule has 0 bridgehead atoms. The largest absolute Gasteiger partial charge is 0.489 e. The van der Waals surface area contributed by atoms with Gasteiger partial charge in [-0.1, -0.05) is 65.8 Å². The lowest BCUT2D eigenvalue weighted by atomic mass is 10.2. The quantitative estimate of drug-likeness (QED) is 0.457. The number of rotatable bonds is 8. The highest BCUT2D eigenvalue weighted by Crippen LogP contribution is 2.18. The van der Waals surface area contributed by atoms with E-state index in [0.29, 0.717) is 30.4 Å². The molecule has 4 aromatic rings. The van der Waals surface area contributed by atoms with Gasteiger partial charge in [0.15, 0.2) is 0 Å². The number of anilines is 1. The number of amides is 1. The van der Waals surface area contributed by atoms with Crippen LogP contribution in [0.3, 0.4) is 0 Å². The zero-order chi connectivity index (χ0) is 20.6. The normalized spacial score (nSPS) is 10.5. The molecule has 6 heteroatoms. The summed E-state index contributed by atoms with van der Waals surface area (Å²) in [6.45, 7) is 0.502. The summed E-state index contributed by atoms with van der Waals surface area (Å²) < 4.78 is 11.0. The number of aryl methyl sites for hydroxylation is 1. The first kappa shape index (κ1) is 19.4. The Hall–Kier alpha value is -3.93. The molecule has 0 aliphatic rings. The number of nitrogens with zero attached hydrogens (tertiary/aromatic N) is 2. The lowest BCUT2D eigenvalue weighted by molar-refractivity contribution is -0.116. The number of carbonyl (C=O) groups is 1. The molecular weight excluding hydrogens is 378 g/mol. The highest BCUT2D eigenvalue weighted by atomic mass is 16.5. The molecule has 0 saturated carbocycles. The molecule has 0 aliphatic carbocycles. The summed E-state index contributed by atoms with van der Waals surface area (Å²) in [6, 6.07) is 26.8. The molecule has 0 unspecified atom stereocenters. The van der Waals surface area contributed by atoms with E-state index in [1.54, 1.807) is 0 Å². The van der Waals surface area contributed by atoms with E-state index in [2.05, 4.69) is 15.5 Å². The van der Waals surface area contributed by atoms with Crippen molar-refractivity contribution < 1.29 is 14.1 Å². The molecule has 0 spiro atoms. The van der Waals surface area contributed by atoms with Crippen LogP contribution in [0.25, 0.3) is 11.4 Å². The average molecular weight is 399 g/mol. The highest BCUT2D eigenvalue weighted by molar-refractivity contribution is 5.90. The smallest absolute Gasteiger partial charge is 0.227 e. The zero-order valence-electron chi connectivity index (χ0n) is 16.3. The van der Waals surface area contributed by atoms with Crippen molar-refractivity contribution in [2.75, 3.05) is 5.32 Å². The Balaban J connectivity index is 1.24. The summed E-state index contributed by atoms with van der Waals surface area (Å²) in [4.78, 5) is 16.6. The van der Waals surface area contributed by atoms with Crippen LogP contribution in [0.1, 0.15) is 17.9 Å². The summed E-state index contributed by atoms with van der Waals surface area (Å²) >= 11 is 0. The van der Waals surface area contributed by atoms with Crippen molar-refractivity contribution >= 4 is 11.6 Å². The fourth-order valence-corrected chi connectivity index (χ4v) is 2.88. The molecule has 4 rings (SSSR count). The van der Waals surface area contributed by atoms with Gasteiger partial charge in [-0.2, -0.15) is 4.98 Å². The maximum Gasteiger partial charge on any atom is 0.227 e. The molecule has 6 nitrogen and oxygen atoms in total. The molecule has 0 saturated heterocycles. The predicted octanol–water partition coefficient (Wildman–Crippen LogP) is 4.89. The number of hydrogen-bond acceptors (Lipinski definition) is 5. The van der Waals surface area contributed by atoms with Gasteiger partial charge in [0.05, 0.1) is 0 Å². The van der Waals surface area contributed by atoms with E-state index < -0.39 is 0 Å². The molecule has 1 aromatic heterocycles. The Morgan fingerprint density at radius 1 is 0.900 bits per heavy atom. The first-order valence-corrected chi connectivity index (χ1v) is 9.71. The van der Waals surface area contributed by atoms with E-state index in [1.807, 2.05) is 84.9 Å². The molecule has 150 valence electrons. The van der Waals surface area contributed by atoms with Crippen LogP contribution in [0, 0.1) is 0 Å². The van der Waals surface area contributed by atoms with Crippen LogP contribution in [0.5, 0.6) is 5.75 Å². The molecule has 0 atom stereocenters. The summed E-state index contributed by atoms with van der Waals surface area (Å²) in [6.07, 6.45) is 0.632. The van der Waals surface area contributed by atoms with Crippen LogP contribution in [-0.2, 0) is 17.8 Å². The van der Waals surface area contributed by atoms with E-state index in [4.69, 9.17) is 9.26 Å². The molecule has 0 fully saturated rings. The van der Waals surface area contributed by atoms with Crippen molar-refractivity contribution in [1.29, 1.82) is 0 Å². The third-order valence-electron chi connectivity index (χ3n) is 4.45. The van der Waals surface area contributed by atoms with E-state index in [-0.39, 0.29) is 12.3 Å². The van der Waals surface area contributed by atoms with Gasteiger partial charge in [-0.3, -0.25) is 4.79 Å². The number of carbonyl (C=O) groups excluding carboxylic acids is 1. The molecule has 0 aliphatic heterocycles. The molecule has 3 aromatic carbocycles. The molecule has 1 N–H and O–H groups in total. The minimum Gasteiger partial charge on any atom is -0.489 e. The van der Waals surface area contributed by atoms with Gasteiger partial charge in [0.25, 0.3) is 0 Å². The summed E-state index contributed by atoms with van der Waals surface area (Å²) in [7, 11) is 0. The topological polar surface area (TPSA) is 77.2 Å². The summed E-state index contributed by atoms with van der Waals surface area (Å²) in [5.41, 5.74) is 2.69. The van der Waals surface area contributed by atoms with Crippen molar-refractivity contribution in [2.24, 2.45) is 0 Å². The monoisotopic (exact) mass is 399 g/mol. The Labute approximate surface area is 174 Å². The lowest BCUT2D eigenvalue weighted by Crippen LogP contribution is -2.12. The number of benzene rings is 3. The second kappa shape index (κ2) is 9.52. The van der Waals surface area contributed by atoms with E-state index >= 15 is 0 Å². The van der Waals surface area contributed by atoms with Gasteiger partial charge < -0.3 is 14.6 Å². The van der Waals surface area contributed by atoms with Crippen LogP contribution < -0.4 is 10.1 Å². The van der Waals surface area contributed by atoms with E-state index in [0.717, 1.165) is 16.9 Å². The Bertz CT molecular complexity index is 1080. The third kappa shape index (κ3) is 5.32. The zero-order valence-corrected chi connectivity index (χ0v) is 16.3. The van der Waals surface area contributed by atoms with Crippen molar-refractivity contribution in [3.05, 3.63) is 96.4 Å². The van der Waals surface area contributed by atoms with Crippen molar-refractivity contribution in [3.8, 4) is 17.1 Å². The average Bonchev–Trinajstić information content (AvgIpc) is 3.28. The fraction of sp³-hybridized carbons (Fsp3) is 0.125. The van der Waals surface area contributed by atoms with Crippen LogP contribution in [-0.4, -0.2) is 16.0 Å². The first-order valence-electron chi connectivity index (χ1n) is 9.71. The molecule has 1 heterocycles. The van der Waals surface area contributed by atoms with Gasteiger partial charge >= 0.3 is 0 Å². The van der Waals surface area contributed by atoms with Crippen LogP contribution in [0.2, 0.25) is 0 Å². The Morgan fingerprint density at radius 2 is 1.60 bits per heavy atom. The third-order valence-corrected chi connectivity index (χ3v) is 4.45. The number of ether oxygens (including phenoxy) is 1. The van der Waals surface area contributed by atoms with Crippen molar-refractivity contribution in [2.45, 2.75) is 19.4 Å². The Kier molecular flexibility index (Phi) is 6.15. The SMILES string of the molecule is O=C(CCc1nc(-c2ccccc2)no1)Nc1ccc(OCc2ccccc2)cc1. The maximum absolute atomic E-state index is 12.2. The number of hydrogen-bond donors (Lipinski definition) is 1. The van der Waals surface area contributed by atoms with Crippen LogP contribution >= 0.6 is 0 Å². The van der Waals surface area contributed by atoms with Gasteiger partial charge in [0, 0.05) is 24.1 Å². The minimum atomic E-state index is -0.118. The molecule has 0 radical (unpaired) electrons. The predicted molar refractivity (Wildman–Crippen MR) is 114 cm³/mol. The summed E-state index contributed by atoms with van der Waals surface area (Å²) in [5.74, 6) is 1.59. The van der Waals surface area contributed by atoms with Gasteiger partial charge in [0.2, 0.25) is 17.6 Å². The second-order valence-corrected chi connectivity index (χ2v) is 6.72. The van der Waals surface area contributed by atoms with Crippen LogP contribution in [0.4, 0.5) is 5.69 Å². The molecule has 30 heavy (non-hydrogen) atoms. The number of nitrogens with one attached hydrogen (secondary N) is 1. The van der Waals surface area contributed by atoms with Gasteiger partial charge in [-0.15, -0.1) is 0 Å². The minimum absolute atomic E-state index is 0.118. The molecular formula is C24H21N3O3. The van der Waals surface area contributed by atoms with Gasteiger partial charge in [0.1, 0.15) is 12.4 Å². The van der Waals surface area contributed by atoms with E-state index in [1.165, 1.54) is 0 Å². The Morgan fingerprint density at radius 3 is 2.33 bits per heavy atom. The maximum atomic E-state index is 12.2. The van der Waals surface area contributed by atoms with Crippen molar-refractivity contribution in [1.82, 2.24) is 10.1 Å². The van der Waals surface area contributed by atoms with E-state index in [9.17, 15) is 4.79 Å². The standard InChI is InChI=1S/C24H21N3O3/c28-22(15-16-23-26-24(27-30-23)19-9-5-2-6-10-19)25-20-11-13-21(14-12-20)29-17-18-7-3-1-4-8-18/h1-14H,15-17H2,(H,25,28). The fourth-order valence-electron chi connectivity index (χ4n) is 2.88. The summed E-state index contributed by atoms with van der Waals surface area (Å²) in [5, 5.41) is 6.83. The number of aromatic nitrogens is 2. The highest BCUT2D eigenvalue weighted by Gasteiger charge is 2.11. The lowest BCUT2D eigenvalue weighted by Gasteiger charge is -2.08. The van der Waals surface area contributed by atoms with Crippen LogP contribution in [0.15, 0.2) is 89.5 Å². The first-order chi connectivity index (χ1) is 14.8. The van der Waals surface area contributed by atoms with Gasteiger partial charge in [-0.25, -0.2) is 0 Å². The molecule has 1 amide bonds. The van der Waals surface area contributed by atoms with Crippen molar-refractivity contribution in [3.63, 3.8) is 0 Å². The second-order valence-electron chi connectivity index (χ2n) is 6.72. The van der Waals surface area contributed by atoms with Gasteiger partial charge in [-0.05, 0) is 29.8 Å².